The molecule has 0 spiro atoms. The summed E-state index contributed by atoms with van der Waals surface area (Å²) in [6, 6.07) is 10.3. The fourth-order valence-corrected chi connectivity index (χ4v) is 3.19. The van der Waals surface area contributed by atoms with Crippen molar-refractivity contribution in [3.8, 4) is 0 Å². The van der Waals surface area contributed by atoms with Crippen molar-refractivity contribution < 1.29 is 4.79 Å². The van der Waals surface area contributed by atoms with E-state index in [1.54, 1.807) is 0 Å². The average molecular weight is 297 g/mol. The summed E-state index contributed by atoms with van der Waals surface area (Å²) in [7, 11) is 1.94. The van der Waals surface area contributed by atoms with Gasteiger partial charge in [-0.05, 0) is 38.7 Å². The minimum atomic E-state index is 0.0533. The largest absolute Gasteiger partial charge is 0.330 e. The SMILES string of the molecule is CC(C)N(Cc1ccccc1)C(=O)c1nn(C)c2c1CCC2. The Balaban J connectivity index is 1.89. The third-order valence-corrected chi connectivity index (χ3v) is 4.40. The lowest BCUT2D eigenvalue weighted by molar-refractivity contribution is 0.0682. The molecule has 0 atom stereocenters. The zero-order valence-electron chi connectivity index (χ0n) is 13.5. The summed E-state index contributed by atoms with van der Waals surface area (Å²) >= 11 is 0. The molecule has 1 aromatic heterocycles. The topological polar surface area (TPSA) is 38.1 Å². The van der Waals surface area contributed by atoms with Crippen molar-refractivity contribution in [1.29, 1.82) is 0 Å². The smallest absolute Gasteiger partial charge is 0.275 e. The van der Waals surface area contributed by atoms with E-state index in [1.807, 2.05) is 34.8 Å². The molecule has 0 aliphatic heterocycles. The number of hydrogen-bond acceptors (Lipinski definition) is 2. The van der Waals surface area contributed by atoms with E-state index in [1.165, 1.54) is 5.69 Å². The van der Waals surface area contributed by atoms with Gasteiger partial charge in [0, 0.05) is 30.9 Å². The van der Waals surface area contributed by atoms with E-state index >= 15 is 0 Å². The second kappa shape index (κ2) is 5.95. The van der Waals surface area contributed by atoms with Crippen molar-refractivity contribution in [1.82, 2.24) is 14.7 Å². The lowest BCUT2D eigenvalue weighted by Gasteiger charge is -2.26. The van der Waals surface area contributed by atoms with E-state index in [4.69, 9.17) is 0 Å². The van der Waals surface area contributed by atoms with Crippen LogP contribution in [0, 0.1) is 0 Å². The number of aryl methyl sites for hydroxylation is 1. The van der Waals surface area contributed by atoms with Crippen LogP contribution in [0.3, 0.4) is 0 Å². The van der Waals surface area contributed by atoms with Crippen LogP contribution >= 0.6 is 0 Å². The molecule has 0 unspecified atom stereocenters. The van der Waals surface area contributed by atoms with Gasteiger partial charge < -0.3 is 4.90 Å². The molecule has 0 radical (unpaired) electrons. The molecule has 1 aliphatic rings. The highest BCUT2D eigenvalue weighted by atomic mass is 16.2. The van der Waals surface area contributed by atoms with Crippen LogP contribution in [0.4, 0.5) is 0 Å². The van der Waals surface area contributed by atoms with E-state index in [0.29, 0.717) is 12.2 Å². The van der Waals surface area contributed by atoms with Crippen LogP contribution in [0.15, 0.2) is 30.3 Å². The van der Waals surface area contributed by atoms with Crippen molar-refractivity contribution in [2.24, 2.45) is 7.05 Å². The zero-order valence-corrected chi connectivity index (χ0v) is 13.5. The van der Waals surface area contributed by atoms with Crippen molar-refractivity contribution in [3.05, 3.63) is 52.8 Å². The number of benzene rings is 1. The first-order valence-electron chi connectivity index (χ1n) is 7.97. The maximum absolute atomic E-state index is 13.0. The monoisotopic (exact) mass is 297 g/mol. The Hall–Kier alpha value is -2.10. The van der Waals surface area contributed by atoms with E-state index in [-0.39, 0.29) is 11.9 Å². The number of fused-ring (bicyclic) bond motifs is 1. The third kappa shape index (κ3) is 2.65. The lowest BCUT2D eigenvalue weighted by Crippen LogP contribution is -2.37. The molecule has 1 aromatic carbocycles. The van der Waals surface area contributed by atoms with Crippen molar-refractivity contribution in [2.75, 3.05) is 0 Å². The van der Waals surface area contributed by atoms with Gasteiger partial charge in [-0.1, -0.05) is 30.3 Å². The minimum Gasteiger partial charge on any atom is -0.330 e. The summed E-state index contributed by atoms with van der Waals surface area (Å²) in [5.74, 6) is 0.0533. The standard InChI is InChI=1S/C18H23N3O/c1-13(2)21(12-14-8-5-4-6-9-14)18(22)17-15-10-7-11-16(15)20(3)19-17/h4-6,8-9,13H,7,10-12H2,1-3H3. The number of aromatic nitrogens is 2. The molecule has 0 N–H and O–H groups in total. The first-order chi connectivity index (χ1) is 10.6. The van der Waals surface area contributed by atoms with Crippen molar-refractivity contribution in [2.45, 2.75) is 45.7 Å². The second-order valence-corrected chi connectivity index (χ2v) is 6.26. The molecule has 3 rings (SSSR count). The Labute approximate surface area is 131 Å². The quantitative estimate of drug-likeness (QED) is 0.870. The van der Waals surface area contributed by atoms with E-state index in [0.717, 1.165) is 30.4 Å². The molecule has 0 fully saturated rings. The van der Waals surface area contributed by atoms with Gasteiger partial charge in [0.05, 0.1) is 0 Å². The van der Waals surface area contributed by atoms with Gasteiger partial charge in [0.25, 0.3) is 5.91 Å². The number of amides is 1. The van der Waals surface area contributed by atoms with Gasteiger partial charge in [0.1, 0.15) is 0 Å². The van der Waals surface area contributed by atoms with Gasteiger partial charge in [-0.2, -0.15) is 5.10 Å². The van der Waals surface area contributed by atoms with Gasteiger partial charge in [-0.3, -0.25) is 9.48 Å². The highest BCUT2D eigenvalue weighted by Gasteiger charge is 2.29. The van der Waals surface area contributed by atoms with Gasteiger partial charge in [-0.15, -0.1) is 0 Å². The fourth-order valence-electron chi connectivity index (χ4n) is 3.19. The molecule has 22 heavy (non-hydrogen) atoms. The molecular formula is C18H23N3O. The summed E-state index contributed by atoms with van der Waals surface area (Å²) < 4.78 is 1.89. The van der Waals surface area contributed by atoms with Gasteiger partial charge in [-0.25, -0.2) is 0 Å². The van der Waals surface area contributed by atoms with Gasteiger partial charge in [0.15, 0.2) is 5.69 Å². The Kier molecular flexibility index (Phi) is 4.01. The Morgan fingerprint density at radius 1 is 1.27 bits per heavy atom. The predicted molar refractivity (Wildman–Crippen MR) is 86.7 cm³/mol. The van der Waals surface area contributed by atoms with Crippen LogP contribution < -0.4 is 0 Å². The highest BCUT2D eigenvalue weighted by molar-refractivity contribution is 5.94. The predicted octanol–water partition coefficient (Wildman–Crippen LogP) is 2.96. The van der Waals surface area contributed by atoms with E-state index in [2.05, 4.69) is 31.1 Å². The van der Waals surface area contributed by atoms with Crippen LogP contribution in [0.2, 0.25) is 0 Å². The number of carbonyl (C=O) groups excluding carboxylic acids is 1. The maximum atomic E-state index is 13.0. The number of nitrogens with zero attached hydrogens (tertiary/aromatic N) is 3. The normalized spacial score (nSPS) is 13.5. The summed E-state index contributed by atoms with van der Waals surface area (Å²) in [5.41, 5.74) is 4.19. The van der Waals surface area contributed by atoms with Crippen LogP contribution in [0.25, 0.3) is 0 Å². The van der Waals surface area contributed by atoms with Gasteiger partial charge in [0.2, 0.25) is 0 Å². The fraction of sp³-hybridized carbons (Fsp3) is 0.444. The average Bonchev–Trinajstić information content (AvgIpc) is 3.09. The molecule has 1 aliphatic carbocycles. The first kappa shape index (κ1) is 14.8. The molecule has 116 valence electrons. The molecule has 1 heterocycles. The molecule has 2 aromatic rings. The molecule has 0 saturated heterocycles. The Bertz CT molecular complexity index is 673. The van der Waals surface area contributed by atoms with E-state index < -0.39 is 0 Å². The Morgan fingerprint density at radius 3 is 2.68 bits per heavy atom. The molecule has 1 amide bonds. The van der Waals surface area contributed by atoms with Gasteiger partial charge >= 0.3 is 0 Å². The van der Waals surface area contributed by atoms with Crippen LogP contribution in [-0.2, 0) is 26.4 Å². The lowest BCUT2D eigenvalue weighted by atomic mass is 10.1. The number of hydrogen-bond donors (Lipinski definition) is 0. The van der Waals surface area contributed by atoms with Crippen molar-refractivity contribution >= 4 is 5.91 Å². The summed E-state index contributed by atoms with van der Waals surface area (Å²) in [5, 5.41) is 4.50. The second-order valence-electron chi connectivity index (χ2n) is 6.26. The summed E-state index contributed by atoms with van der Waals surface area (Å²) in [6.07, 6.45) is 3.13. The highest BCUT2D eigenvalue weighted by Crippen LogP contribution is 2.26. The summed E-state index contributed by atoms with van der Waals surface area (Å²) in [4.78, 5) is 14.9. The van der Waals surface area contributed by atoms with Crippen LogP contribution in [-0.4, -0.2) is 26.6 Å². The molecule has 4 heteroatoms. The number of carbonyl (C=O) groups is 1. The summed E-state index contributed by atoms with van der Waals surface area (Å²) in [6.45, 7) is 4.75. The van der Waals surface area contributed by atoms with Crippen LogP contribution in [0.1, 0.15) is 47.6 Å². The van der Waals surface area contributed by atoms with E-state index in [9.17, 15) is 4.79 Å². The Morgan fingerprint density at radius 2 is 2.00 bits per heavy atom. The van der Waals surface area contributed by atoms with Crippen molar-refractivity contribution in [3.63, 3.8) is 0 Å². The minimum absolute atomic E-state index is 0.0533. The number of rotatable bonds is 4. The van der Waals surface area contributed by atoms with Crippen LogP contribution in [0.5, 0.6) is 0 Å². The molecule has 0 bridgehead atoms. The first-order valence-corrected chi connectivity index (χ1v) is 7.97. The molecule has 4 nitrogen and oxygen atoms in total. The zero-order chi connectivity index (χ0) is 15.7. The third-order valence-electron chi connectivity index (χ3n) is 4.40. The molecular weight excluding hydrogens is 274 g/mol. The maximum Gasteiger partial charge on any atom is 0.275 e. The molecule has 0 saturated carbocycles.